The van der Waals surface area contributed by atoms with E-state index in [9.17, 15) is 9.59 Å². The molecule has 0 aliphatic rings. The monoisotopic (exact) mass is 513 g/mol. The molecule has 1 N–H and O–H groups in total. The van der Waals surface area contributed by atoms with Gasteiger partial charge in [-0.1, -0.05) is 139 Å². The molecule has 1 amide bonds. The van der Waals surface area contributed by atoms with Crippen LogP contribution < -0.4 is 21.2 Å². The van der Waals surface area contributed by atoms with Crippen LogP contribution in [0.2, 0.25) is 0 Å². The van der Waals surface area contributed by atoms with E-state index in [1.807, 2.05) is 140 Å². The van der Waals surface area contributed by atoms with E-state index in [-0.39, 0.29) is 11.1 Å². The van der Waals surface area contributed by atoms with Crippen LogP contribution in [0.3, 0.4) is 0 Å². The Balaban J connectivity index is 1.93. The van der Waals surface area contributed by atoms with E-state index in [1.165, 1.54) is 0 Å². The van der Waals surface area contributed by atoms with Crippen molar-refractivity contribution in [3.63, 3.8) is 0 Å². The molecule has 0 saturated carbocycles. The topological polar surface area (TPSA) is 46.2 Å². The van der Waals surface area contributed by atoms with Crippen LogP contribution in [0.15, 0.2) is 146 Å². The highest BCUT2D eigenvalue weighted by Gasteiger charge is 2.37. The average molecular weight is 514 g/mol. The predicted molar refractivity (Wildman–Crippen MR) is 161 cm³/mol. The summed E-state index contributed by atoms with van der Waals surface area (Å²) in [6.45, 7) is -0.934. The van der Waals surface area contributed by atoms with Crippen molar-refractivity contribution >= 4 is 45.5 Å². The molecule has 3 nitrogen and oxygen atoms in total. The maximum atomic E-state index is 14.5. The van der Waals surface area contributed by atoms with Crippen LogP contribution in [0.5, 0.6) is 0 Å². The zero-order chi connectivity index (χ0) is 26.4. The van der Waals surface area contributed by atoms with Gasteiger partial charge in [0, 0.05) is 11.3 Å². The maximum Gasteiger partial charge on any atom is 0.260 e. The smallest absolute Gasteiger partial charge is 0.260 e. The molecule has 0 aliphatic carbocycles. The third-order valence-corrected chi connectivity index (χ3v) is 10.8. The minimum atomic E-state index is -2.93. The number of carbonyl (C=O) groups excluding carboxylic acids is 2. The molecule has 5 aromatic carbocycles. The van der Waals surface area contributed by atoms with Gasteiger partial charge in [-0.2, -0.15) is 0 Å². The number of ketones is 1. The number of Topliss-reactive ketones (excluding diaryl/α,β-unsaturated/α-hetero) is 1. The molecule has 186 valence electrons. The van der Waals surface area contributed by atoms with Crippen molar-refractivity contribution in [3.8, 4) is 0 Å². The first-order valence-electron chi connectivity index (χ1n) is 12.5. The summed E-state index contributed by atoms with van der Waals surface area (Å²) in [6.07, 6.45) is 0. The lowest BCUT2D eigenvalue weighted by molar-refractivity contribution is -0.110. The molecular formula is C34H28NO2P. The molecule has 0 radical (unpaired) electrons. The number of hydrogen-bond acceptors (Lipinski definition) is 2. The van der Waals surface area contributed by atoms with Gasteiger partial charge in [-0.05, 0) is 41.9 Å². The Labute approximate surface area is 223 Å². The van der Waals surface area contributed by atoms with Crippen molar-refractivity contribution in [3.05, 3.63) is 157 Å². The molecule has 38 heavy (non-hydrogen) atoms. The highest BCUT2D eigenvalue weighted by molar-refractivity contribution is 7.97. The van der Waals surface area contributed by atoms with Crippen LogP contribution in [0.25, 0.3) is 0 Å². The first kappa shape index (κ1) is 25.2. The molecule has 0 aromatic heterocycles. The number of amides is 1. The van der Waals surface area contributed by atoms with Gasteiger partial charge in [-0.25, -0.2) is 0 Å². The van der Waals surface area contributed by atoms with E-state index in [2.05, 4.69) is 5.32 Å². The standard InChI is InChI=1S/C34H28NO2P/c1-26-22-24-28(25-23-26)35-34(37)33(32(36)27-14-6-2-7-15-27)38(29-16-8-3-9-17-29,30-18-10-4-11-19-30)31-20-12-5-13-21-31/h2-25H,1H3,(H,35,37). The van der Waals surface area contributed by atoms with Gasteiger partial charge < -0.3 is 5.32 Å². The van der Waals surface area contributed by atoms with Crippen LogP contribution in [-0.4, -0.2) is 17.0 Å². The van der Waals surface area contributed by atoms with E-state index >= 15 is 0 Å². The molecule has 0 atom stereocenters. The second-order valence-corrected chi connectivity index (χ2v) is 12.4. The Kier molecular flexibility index (Phi) is 7.49. The molecule has 0 spiro atoms. The van der Waals surface area contributed by atoms with Crippen LogP contribution in [0.4, 0.5) is 5.69 Å². The zero-order valence-corrected chi connectivity index (χ0v) is 22.0. The summed E-state index contributed by atoms with van der Waals surface area (Å²) in [5.74, 6) is -0.673. The molecule has 4 heteroatoms. The van der Waals surface area contributed by atoms with Crippen LogP contribution in [-0.2, 0) is 4.79 Å². The van der Waals surface area contributed by atoms with Crippen LogP contribution >= 0.6 is 6.89 Å². The second kappa shape index (κ2) is 11.3. The molecule has 0 saturated heterocycles. The molecule has 0 bridgehead atoms. The fraction of sp³-hybridized carbons (Fsp3) is 0.0294. The predicted octanol–water partition coefficient (Wildman–Crippen LogP) is 5.98. The van der Waals surface area contributed by atoms with E-state index in [4.69, 9.17) is 0 Å². The Morgan fingerprint density at radius 1 is 0.526 bits per heavy atom. The van der Waals surface area contributed by atoms with Crippen molar-refractivity contribution in [1.29, 1.82) is 0 Å². The summed E-state index contributed by atoms with van der Waals surface area (Å²) in [4.78, 5) is 29.0. The summed E-state index contributed by atoms with van der Waals surface area (Å²) in [6, 6.07) is 46.6. The minimum absolute atomic E-state index is 0.243. The van der Waals surface area contributed by atoms with Crippen LogP contribution in [0, 0.1) is 6.92 Å². The number of benzene rings is 5. The quantitative estimate of drug-likeness (QED) is 0.165. The number of hydrogen-bond donors (Lipinski definition) is 1. The lowest BCUT2D eigenvalue weighted by Crippen LogP contribution is -2.40. The van der Waals surface area contributed by atoms with Crippen molar-refractivity contribution in [1.82, 2.24) is 0 Å². The molecule has 0 fully saturated rings. The molecule has 0 unspecified atom stereocenters. The largest absolute Gasteiger partial charge is 0.322 e. The van der Waals surface area contributed by atoms with E-state index in [1.54, 1.807) is 12.1 Å². The van der Waals surface area contributed by atoms with Gasteiger partial charge in [-0.15, -0.1) is 0 Å². The fourth-order valence-electron chi connectivity index (χ4n) is 4.75. The third-order valence-electron chi connectivity index (χ3n) is 6.54. The Morgan fingerprint density at radius 3 is 1.34 bits per heavy atom. The Morgan fingerprint density at radius 2 is 0.921 bits per heavy atom. The lowest BCUT2D eigenvalue weighted by atomic mass is 10.1. The van der Waals surface area contributed by atoms with E-state index in [0.717, 1.165) is 21.5 Å². The number of nitrogens with one attached hydrogen (secondary N) is 1. The maximum absolute atomic E-state index is 14.5. The first-order valence-corrected chi connectivity index (χ1v) is 14.3. The molecule has 5 rings (SSSR count). The highest BCUT2D eigenvalue weighted by Crippen LogP contribution is 2.47. The first-order chi connectivity index (χ1) is 18.6. The Hall–Kier alpha value is -4.46. The van der Waals surface area contributed by atoms with Gasteiger partial charge in [-0.3, -0.25) is 9.59 Å². The summed E-state index contributed by atoms with van der Waals surface area (Å²) in [5, 5.41) is 6.13. The SMILES string of the molecule is Cc1ccc(NC(=O)C(C(=O)c2ccccc2)=P(c2ccccc2)(c2ccccc2)c2ccccc2)cc1. The normalized spacial score (nSPS) is 11.0. The Bertz CT molecular complexity index is 1490. The molecular weight excluding hydrogens is 485 g/mol. The van der Waals surface area contributed by atoms with Crippen molar-refractivity contribution < 1.29 is 9.59 Å². The van der Waals surface area contributed by atoms with Crippen molar-refractivity contribution in [2.45, 2.75) is 6.92 Å². The van der Waals surface area contributed by atoms with Gasteiger partial charge in [0.2, 0.25) is 0 Å². The highest BCUT2D eigenvalue weighted by atomic mass is 31.2. The van der Waals surface area contributed by atoms with Crippen molar-refractivity contribution in [2.75, 3.05) is 5.32 Å². The van der Waals surface area contributed by atoms with Gasteiger partial charge in [0.15, 0.2) is 5.78 Å². The van der Waals surface area contributed by atoms with Gasteiger partial charge in [0.05, 0.1) is 5.29 Å². The number of carbonyl (C=O) groups is 2. The molecule has 0 heterocycles. The summed E-state index contributed by atoms with van der Waals surface area (Å²) in [7, 11) is 0. The average Bonchev–Trinajstić information content (AvgIpc) is 2.98. The van der Waals surface area contributed by atoms with Crippen LogP contribution in [0.1, 0.15) is 15.9 Å². The summed E-state index contributed by atoms with van der Waals surface area (Å²) in [5.41, 5.74) is 2.22. The van der Waals surface area contributed by atoms with Gasteiger partial charge in [0.25, 0.3) is 5.91 Å². The summed E-state index contributed by atoms with van der Waals surface area (Å²) < 4.78 is 0. The van der Waals surface area contributed by atoms with Gasteiger partial charge in [0.1, 0.15) is 0 Å². The van der Waals surface area contributed by atoms with Crippen molar-refractivity contribution in [2.24, 2.45) is 0 Å². The third kappa shape index (κ3) is 4.89. The van der Waals surface area contributed by atoms with Gasteiger partial charge >= 0.3 is 0 Å². The fourth-order valence-corrected chi connectivity index (χ4v) is 9.07. The number of aryl methyl sites for hydroxylation is 1. The van der Waals surface area contributed by atoms with E-state index in [0.29, 0.717) is 11.3 Å². The second-order valence-electron chi connectivity index (χ2n) is 9.04. The summed E-state index contributed by atoms with van der Waals surface area (Å²) >= 11 is 0. The van der Waals surface area contributed by atoms with E-state index < -0.39 is 12.8 Å². The lowest BCUT2D eigenvalue weighted by Gasteiger charge is -2.32. The minimum Gasteiger partial charge on any atom is -0.322 e. The molecule has 5 aromatic rings. The number of anilines is 1. The number of rotatable bonds is 7. The molecule has 0 aliphatic heterocycles. The zero-order valence-electron chi connectivity index (χ0n) is 21.1.